The predicted octanol–water partition coefficient (Wildman–Crippen LogP) is 6.56. The molecule has 1 aromatic heterocycles. The first kappa shape index (κ1) is 33.5. The number of benzene rings is 1. The van der Waals surface area contributed by atoms with Gasteiger partial charge in [-0.1, -0.05) is 46.0 Å². The fraction of sp³-hybridized carbons (Fsp3) is 0.703. The maximum absolute atomic E-state index is 14.7. The molecule has 2 amide bonds. The topological polar surface area (TPSA) is 120 Å². The standard InChI is InChI=1S/C37H52N4O6/c1-5-26-31-22-41(32(26)23(2)42)35(43)33(37(3)19-10-7-11-20-37)40-36(44)47-30-16-12-14-24(30)13-8-6-9-15-28-34(46-31)39-29-21-25(45-4)17-18-27(29)38-28/h17-18,21,24,26,30-33H,5-16,19-20,22H2,1-4H3,(H,40,44)/t24-,26-,30-,31+,32-,33-/m1/s1. The number of ether oxygens (including phenoxy) is 3. The zero-order chi connectivity index (χ0) is 33.1. The van der Waals surface area contributed by atoms with Gasteiger partial charge in [0.1, 0.15) is 29.7 Å². The Labute approximate surface area is 278 Å². The van der Waals surface area contributed by atoms with E-state index < -0.39 is 29.7 Å². The van der Waals surface area contributed by atoms with Gasteiger partial charge in [-0.25, -0.2) is 14.8 Å². The number of carbonyl (C=O) groups is 3. The molecule has 6 rings (SSSR count). The molecule has 0 unspecified atom stereocenters. The lowest BCUT2D eigenvalue weighted by Gasteiger charge is -2.42. The Morgan fingerprint density at radius 2 is 1.74 bits per heavy atom. The molecule has 1 aromatic carbocycles. The summed E-state index contributed by atoms with van der Waals surface area (Å²) in [5.74, 6) is 0.919. The van der Waals surface area contributed by atoms with Crippen molar-refractivity contribution in [2.45, 2.75) is 135 Å². The number of amides is 2. The molecule has 3 heterocycles. The zero-order valence-corrected chi connectivity index (χ0v) is 28.6. The third-order valence-corrected chi connectivity index (χ3v) is 11.5. The van der Waals surface area contributed by atoms with E-state index in [0.717, 1.165) is 88.3 Å². The van der Waals surface area contributed by atoms with Gasteiger partial charge < -0.3 is 24.4 Å². The van der Waals surface area contributed by atoms with Gasteiger partial charge in [0.25, 0.3) is 0 Å². The number of hydrogen-bond donors (Lipinski definition) is 1. The molecule has 10 heteroatoms. The Morgan fingerprint density at radius 3 is 2.49 bits per heavy atom. The number of carbonyl (C=O) groups excluding carboxylic acids is 3. The van der Waals surface area contributed by atoms with Crippen LogP contribution in [0.1, 0.15) is 110 Å². The summed E-state index contributed by atoms with van der Waals surface area (Å²) in [7, 11) is 1.63. The van der Waals surface area contributed by atoms with Crippen molar-refractivity contribution < 1.29 is 28.6 Å². The van der Waals surface area contributed by atoms with Crippen LogP contribution >= 0.6 is 0 Å². The minimum atomic E-state index is -0.796. The molecule has 2 saturated carbocycles. The summed E-state index contributed by atoms with van der Waals surface area (Å²) in [4.78, 5) is 53.3. The summed E-state index contributed by atoms with van der Waals surface area (Å²) < 4.78 is 18.3. The molecule has 3 fully saturated rings. The first-order chi connectivity index (χ1) is 22.7. The van der Waals surface area contributed by atoms with Crippen LogP contribution in [0.15, 0.2) is 18.2 Å². The van der Waals surface area contributed by atoms with Crippen LogP contribution in [0.3, 0.4) is 0 Å². The van der Waals surface area contributed by atoms with Crippen molar-refractivity contribution in [3.8, 4) is 11.6 Å². The molecule has 10 nitrogen and oxygen atoms in total. The van der Waals surface area contributed by atoms with Crippen LogP contribution in [0, 0.1) is 17.3 Å². The quantitative estimate of drug-likeness (QED) is 0.396. The molecular weight excluding hydrogens is 596 g/mol. The highest BCUT2D eigenvalue weighted by atomic mass is 16.6. The zero-order valence-electron chi connectivity index (χ0n) is 28.6. The lowest BCUT2D eigenvalue weighted by Crippen LogP contribution is -2.59. The molecule has 4 aliphatic rings. The highest BCUT2D eigenvalue weighted by molar-refractivity contribution is 5.92. The van der Waals surface area contributed by atoms with E-state index in [1.165, 1.54) is 0 Å². The van der Waals surface area contributed by atoms with E-state index in [-0.39, 0.29) is 30.3 Å². The number of nitrogens with zero attached hydrogens (tertiary/aromatic N) is 3. The Balaban J connectivity index is 1.39. The van der Waals surface area contributed by atoms with Crippen LogP contribution in [-0.2, 0) is 20.7 Å². The van der Waals surface area contributed by atoms with Gasteiger partial charge in [0.05, 0.1) is 30.7 Å². The summed E-state index contributed by atoms with van der Waals surface area (Å²) >= 11 is 0. The normalized spacial score (nSPS) is 30.3. The average molecular weight is 649 g/mol. The van der Waals surface area contributed by atoms with Gasteiger partial charge in [-0.2, -0.15) is 0 Å². The Bertz CT molecular complexity index is 1460. The van der Waals surface area contributed by atoms with E-state index in [1.807, 2.05) is 25.1 Å². The van der Waals surface area contributed by atoms with Gasteiger partial charge in [-0.15, -0.1) is 0 Å². The van der Waals surface area contributed by atoms with Crippen LogP contribution in [0.25, 0.3) is 11.0 Å². The summed E-state index contributed by atoms with van der Waals surface area (Å²) in [5.41, 5.74) is 1.80. The highest BCUT2D eigenvalue weighted by Gasteiger charge is 2.52. The number of rotatable bonds is 4. The van der Waals surface area contributed by atoms with Gasteiger partial charge in [0.15, 0.2) is 5.78 Å². The van der Waals surface area contributed by atoms with Gasteiger partial charge in [-0.3, -0.25) is 9.59 Å². The largest absolute Gasteiger partial charge is 0.497 e. The molecule has 47 heavy (non-hydrogen) atoms. The number of hydrogen-bond acceptors (Lipinski definition) is 8. The molecule has 1 saturated heterocycles. The summed E-state index contributed by atoms with van der Waals surface area (Å²) in [6.45, 7) is 5.92. The van der Waals surface area contributed by atoms with Crippen LogP contribution in [0.5, 0.6) is 11.6 Å². The Hall–Kier alpha value is -3.43. The predicted molar refractivity (Wildman–Crippen MR) is 178 cm³/mol. The molecular formula is C37H52N4O6. The van der Waals surface area contributed by atoms with Crippen molar-refractivity contribution in [3.05, 3.63) is 23.9 Å². The lowest BCUT2D eigenvalue weighted by atomic mass is 9.70. The molecule has 256 valence electrons. The second-order valence-electron chi connectivity index (χ2n) is 14.6. The van der Waals surface area contributed by atoms with Crippen LogP contribution < -0.4 is 14.8 Å². The van der Waals surface area contributed by atoms with Gasteiger partial charge in [0, 0.05) is 12.0 Å². The SMILES string of the molecule is CC[C@@H]1[C@@H]2CN(C(=O)[C@H](C3(C)CCCCC3)NC(=O)O[C@@H]3CCC[C@H]3CCCCCc3nc4ccc(OC)cc4nc3O2)[C@@H]1C(C)=O. The molecule has 2 aliphatic heterocycles. The summed E-state index contributed by atoms with van der Waals surface area (Å²) in [5, 5.41) is 3.08. The molecule has 2 bridgehead atoms. The second kappa shape index (κ2) is 14.4. The number of methoxy groups -OCH3 is 1. The van der Waals surface area contributed by atoms with Crippen molar-refractivity contribution in [2.24, 2.45) is 17.3 Å². The third kappa shape index (κ3) is 7.07. The monoisotopic (exact) mass is 648 g/mol. The van der Waals surface area contributed by atoms with Crippen LogP contribution in [-0.4, -0.2) is 70.6 Å². The van der Waals surface area contributed by atoms with E-state index in [2.05, 4.69) is 12.2 Å². The lowest BCUT2D eigenvalue weighted by molar-refractivity contribution is -0.142. The summed E-state index contributed by atoms with van der Waals surface area (Å²) in [6, 6.07) is 4.21. The van der Waals surface area contributed by atoms with Crippen molar-refractivity contribution in [3.63, 3.8) is 0 Å². The fourth-order valence-electron chi connectivity index (χ4n) is 8.82. The number of ketones is 1. The van der Waals surface area contributed by atoms with E-state index in [4.69, 9.17) is 24.2 Å². The van der Waals surface area contributed by atoms with E-state index in [1.54, 1.807) is 18.9 Å². The van der Waals surface area contributed by atoms with Gasteiger partial charge in [-0.05, 0) is 88.2 Å². The highest BCUT2D eigenvalue weighted by Crippen LogP contribution is 2.42. The number of aryl methyl sites for hydroxylation is 1. The van der Waals surface area contributed by atoms with Crippen molar-refractivity contribution >= 4 is 28.8 Å². The van der Waals surface area contributed by atoms with Crippen molar-refractivity contribution in [1.29, 1.82) is 0 Å². The Morgan fingerprint density at radius 1 is 0.979 bits per heavy atom. The summed E-state index contributed by atoms with van der Waals surface area (Å²) in [6.07, 6.45) is 11.9. The average Bonchev–Trinajstić information content (AvgIpc) is 3.66. The van der Waals surface area contributed by atoms with E-state index in [0.29, 0.717) is 35.9 Å². The van der Waals surface area contributed by atoms with Crippen molar-refractivity contribution in [1.82, 2.24) is 20.2 Å². The maximum Gasteiger partial charge on any atom is 0.408 e. The number of Topliss-reactive ketones (excluding diaryl/α,β-unsaturated/α-hetero) is 1. The molecule has 2 aromatic rings. The second-order valence-corrected chi connectivity index (χ2v) is 14.6. The van der Waals surface area contributed by atoms with Gasteiger partial charge in [0.2, 0.25) is 11.8 Å². The number of alkyl carbamates (subject to hydrolysis) is 1. The van der Waals surface area contributed by atoms with Crippen LogP contribution in [0.2, 0.25) is 0 Å². The molecule has 6 atom stereocenters. The smallest absolute Gasteiger partial charge is 0.408 e. The fourth-order valence-corrected chi connectivity index (χ4v) is 8.82. The molecule has 0 radical (unpaired) electrons. The Kier molecular flexibility index (Phi) is 10.2. The number of fused-ring (bicyclic) bond motifs is 5. The minimum absolute atomic E-state index is 0.0827. The third-order valence-electron chi connectivity index (χ3n) is 11.5. The van der Waals surface area contributed by atoms with E-state index in [9.17, 15) is 14.4 Å². The number of nitrogens with one attached hydrogen (secondary N) is 1. The molecule has 1 N–H and O–H groups in total. The molecule has 0 spiro atoms. The van der Waals surface area contributed by atoms with Gasteiger partial charge >= 0.3 is 6.09 Å². The van der Waals surface area contributed by atoms with Crippen molar-refractivity contribution in [2.75, 3.05) is 13.7 Å². The minimum Gasteiger partial charge on any atom is -0.497 e. The van der Waals surface area contributed by atoms with Crippen LogP contribution in [0.4, 0.5) is 4.79 Å². The van der Waals surface area contributed by atoms with E-state index >= 15 is 0 Å². The number of aromatic nitrogens is 2. The first-order valence-corrected chi connectivity index (χ1v) is 18.0. The first-order valence-electron chi connectivity index (χ1n) is 18.0. The molecule has 2 aliphatic carbocycles. The maximum atomic E-state index is 14.7.